The van der Waals surface area contributed by atoms with E-state index in [9.17, 15) is 0 Å². The largest absolute Gasteiger partial charge is 1.00 e. The van der Waals surface area contributed by atoms with Crippen LogP contribution in [0.15, 0.2) is 0 Å². The molecular weight excluding hydrogens is 178 g/mol. The van der Waals surface area contributed by atoms with Crippen molar-refractivity contribution in [2.75, 3.05) is 27.7 Å². The van der Waals surface area contributed by atoms with Crippen molar-refractivity contribution in [1.29, 1.82) is 0 Å². The standard InChI is InChI=1S/C7H20NOSi.ClH/c1-8(2,9-3)6-4-5-7-10;/h4-7H2,1-3,10H3;1H/q+1;/p-1. The van der Waals surface area contributed by atoms with E-state index in [1.807, 2.05) is 0 Å². The molecule has 0 aromatic carbocycles. The monoisotopic (exact) mass is 197 g/mol. The highest BCUT2D eigenvalue weighted by atomic mass is 35.5. The van der Waals surface area contributed by atoms with Gasteiger partial charge in [0.2, 0.25) is 0 Å². The first-order chi connectivity index (χ1) is 4.62. The van der Waals surface area contributed by atoms with Crippen LogP contribution in [0.25, 0.3) is 0 Å². The molecule has 0 rings (SSSR count). The van der Waals surface area contributed by atoms with E-state index >= 15 is 0 Å². The van der Waals surface area contributed by atoms with Crippen LogP contribution in [0, 0.1) is 0 Å². The maximum absolute atomic E-state index is 5.23. The molecule has 0 aliphatic carbocycles. The van der Waals surface area contributed by atoms with Crippen LogP contribution < -0.4 is 12.4 Å². The third-order valence-electron chi connectivity index (χ3n) is 1.79. The Labute approximate surface area is 79.3 Å². The molecule has 0 saturated carbocycles. The van der Waals surface area contributed by atoms with Gasteiger partial charge < -0.3 is 12.4 Å². The number of quaternary nitrogens is 1. The lowest BCUT2D eigenvalue weighted by molar-refractivity contribution is -1.07. The van der Waals surface area contributed by atoms with Crippen molar-refractivity contribution in [3.05, 3.63) is 0 Å². The Hall–Kier alpha value is 0.427. The highest BCUT2D eigenvalue weighted by molar-refractivity contribution is 6.08. The summed E-state index contributed by atoms with van der Waals surface area (Å²) in [5.41, 5.74) is 0. The van der Waals surface area contributed by atoms with E-state index in [-0.39, 0.29) is 12.4 Å². The first kappa shape index (κ1) is 14.0. The van der Waals surface area contributed by atoms with Gasteiger partial charge in [0.25, 0.3) is 0 Å². The minimum Gasteiger partial charge on any atom is -1.00 e. The summed E-state index contributed by atoms with van der Waals surface area (Å²) < 4.78 is 0.696. The number of rotatable bonds is 5. The third-order valence-corrected chi connectivity index (χ3v) is 2.50. The first-order valence-electron chi connectivity index (χ1n) is 4.01. The summed E-state index contributed by atoms with van der Waals surface area (Å²) in [7, 11) is 7.29. The van der Waals surface area contributed by atoms with Crippen LogP contribution in [-0.4, -0.2) is 42.6 Å². The predicted molar refractivity (Wildman–Crippen MR) is 48.0 cm³/mol. The van der Waals surface area contributed by atoms with Crippen LogP contribution in [-0.2, 0) is 4.84 Å². The van der Waals surface area contributed by atoms with Gasteiger partial charge in [-0.25, -0.2) is 4.84 Å². The first-order valence-corrected chi connectivity index (χ1v) is 5.42. The van der Waals surface area contributed by atoms with Crippen molar-refractivity contribution in [3.8, 4) is 0 Å². The Kier molecular flexibility index (Phi) is 9.02. The molecule has 2 nitrogen and oxygen atoms in total. The lowest BCUT2D eigenvalue weighted by Crippen LogP contribution is -3.00. The molecule has 0 radical (unpaired) electrons. The van der Waals surface area contributed by atoms with Gasteiger partial charge in [0, 0.05) is 10.2 Å². The van der Waals surface area contributed by atoms with Crippen molar-refractivity contribution in [2.24, 2.45) is 0 Å². The number of hydrogen-bond acceptors (Lipinski definition) is 1. The zero-order valence-corrected chi connectivity index (χ0v) is 10.8. The average Bonchev–Trinajstić information content (AvgIpc) is 1.89. The third kappa shape index (κ3) is 8.33. The molecule has 0 fully saturated rings. The van der Waals surface area contributed by atoms with Crippen molar-refractivity contribution >= 4 is 10.2 Å². The summed E-state index contributed by atoms with van der Waals surface area (Å²) in [5.74, 6) is 0. The topological polar surface area (TPSA) is 9.23 Å². The minimum absolute atomic E-state index is 0. The van der Waals surface area contributed by atoms with Crippen LogP contribution in [0.5, 0.6) is 0 Å². The Balaban J connectivity index is 0. The molecule has 11 heavy (non-hydrogen) atoms. The number of hydroxylamine groups is 3. The number of halogens is 1. The highest BCUT2D eigenvalue weighted by Crippen LogP contribution is 2.02. The van der Waals surface area contributed by atoms with Gasteiger partial charge in [0.05, 0.1) is 21.2 Å². The average molecular weight is 198 g/mol. The molecule has 0 aromatic heterocycles. The smallest absolute Gasteiger partial charge is 0.108 e. The minimum atomic E-state index is 0. The van der Waals surface area contributed by atoms with Gasteiger partial charge in [-0.1, -0.05) is 12.5 Å². The van der Waals surface area contributed by atoms with E-state index in [1.165, 1.54) is 29.1 Å². The van der Waals surface area contributed by atoms with Gasteiger partial charge in [-0.3, -0.25) is 0 Å². The fourth-order valence-corrected chi connectivity index (χ4v) is 1.33. The maximum Gasteiger partial charge on any atom is 0.108 e. The Morgan fingerprint density at radius 1 is 1.27 bits per heavy atom. The Bertz CT molecular complexity index is 90.5. The molecule has 0 amide bonds. The molecule has 0 unspecified atom stereocenters. The Morgan fingerprint density at radius 2 is 1.82 bits per heavy atom. The summed E-state index contributed by atoms with van der Waals surface area (Å²) in [5, 5.41) is 0. The molecule has 0 atom stereocenters. The van der Waals surface area contributed by atoms with E-state index < -0.39 is 0 Å². The van der Waals surface area contributed by atoms with Crippen LogP contribution in [0.2, 0.25) is 6.04 Å². The second kappa shape index (κ2) is 7.10. The molecule has 0 aromatic rings. The number of nitrogens with zero attached hydrogens (tertiary/aromatic N) is 1. The van der Waals surface area contributed by atoms with Crippen LogP contribution in [0.1, 0.15) is 12.8 Å². The summed E-state index contributed by atoms with van der Waals surface area (Å²) in [6.45, 7) is 1.14. The van der Waals surface area contributed by atoms with E-state index in [0.717, 1.165) is 6.54 Å². The van der Waals surface area contributed by atoms with Gasteiger partial charge in [-0.2, -0.15) is 4.65 Å². The molecule has 0 aliphatic heterocycles. The van der Waals surface area contributed by atoms with Crippen LogP contribution in [0.4, 0.5) is 0 Å². The maximum atomic E-state index is 5.23. The molecule has 0 aliphatic rings. The molecule has 0 saturated heterocycles. The van der Waals surface area contributed by atoms with Gasteiger partial charge in [-0.15, -0.1) is 0 Å². The van der Waals surface area contributed by atoms with Crippen molar-refractivity contribution in [3.63, 3.8) is 0 Å². The van der Waals surface area contributed by atoms with Gasteiger partial charge in [0.1, 0.15) is 6.54 Å². The van der Waals surface area contributed by atoms with Crippen molar-refractivity contribution in [2.45, 2.75) is 18.9 Å². The van der Waals surface area contributed by atoms with E-state index in [2.05, 4.69) is 14.1 Å². The predicted octanol–water partition coefficient (Wildman–Crippen LogP) is -2.81. The van der Waals surface area contributed by atoms with E-state index in [0.29, 0.717) is 4.65 Å². The van der Waals surface area contributed by atoms with Gasteiger partial charge in [0.15, 0.2) is 0 Å². The second-order valence-electron chi connectivity index (χ2n) is 3.19. The molecule has 0 spiro atoms. The molecule has 4 heteroatoms. The Morgan fingerprint density at radius 3 is 2.18 bits per heavy atom. The highest BCUT2D eigenvalue weighted by Gasteiger charge is 2.12. The molecule has 0 bridgehead atoms. The lowest BCUT2D eigenvalue weighted by atomic mass is 10.3. The van der Waals surface area contributed by atoms with Gasteiger partial charge in [-0.05, 0) is 6.42 Å². The molecular formula is C7H20ClNOSi. The fraction of sp³-hybridized carbons (Fsp3) is 1.00. The molecule has 70 valence electrons. The zero-order valence-electron chi connectivity index (χ0n) is 8.06. The summed E-state index contributed by atoms with van der Waals surface area (Å²) in [4.78, 5) is 5.23. The summed E-state index contributed by atoms with van der Waals surface area (Å²) in [6.07, 6.45) is 2.67. The van der Waals surface area contributed by atoms with Crippen LogP contribution >= 0.6 is 0 Å². The fourth-order valence-electron chi connectivity index (χ4n) is 0.834. The van der Waals surface area contributed by atoms with Crippen LogP contribution in [0.3, 0.4) is 0 Å². The SMILES string of the molecule is CO[N+](C)(C)CCCC[SiH3].[Cl-]. The summed E-state index contributed by atoms with van der Waals surface area (Å²) in [6, 6.07) is 1.42. The lowest BCUT2D eigenvalue weighted by Gasteiger charge is -2.24. The quantitative estimate of drug-likeness (QED) is 0.200. The van der Waals surface area contributed by atoms with E-state index in [1.54, 1.807) is 7.11 Å². The molecule has 0 N–H and O–H groups in total. The normalized spacial score (nSPS) is 11.2. The number of hydrogen-bond donors (Lipinski definition) is 0. The van der Waals surface area contributed by atoms with E-state index in [4.69, 9.17) is 4.84 Å². The van der Waals surface area contributed by atoms with Crippen molar-refractivity contribution in [1.82, 2.24) is 0 Å². The van der Waals surface area contributed by atoms with Gasteiger partial charge >= 0.3 is 0 Å². The second-order valence-corrected chi connectivity index (χ2v) is 4.19. The summed E-state index contributed by atoms with van der Waals surface area (Å²) >= 11 is 0. The van der Waals surface area contributed by atoms with Crippen molar-refractivity contribution < 1.29 is 21.9 Å². The number of unbranched alkanes of at least 4 members (excludes halogenated alkanes) is 1. The molecule has 0 heterocycles. The zero-order chi connectivity index (χ0) is 8.04.